The van der Waals surface area contributed by atoms with E-state index in [0.717, 1.165) is 0 Å². The Morgan fingerprint density at radius 3 is 0.571 bits per heavy atom. The Labute approximate surface area is 79.4 Å². The van der Waals surface area contributed by atoms with E-state index in [1.165, 1.54) is 0 Å². The molecule has 0 unspecified atom stereocenters. The van der Waals surface area contributed by atoms with Crippen LogP contribution in [0.4, 0.5) is 0 Å². The van der Waals surface area contributed by atoms with Gasteiger partial charge in [0.1, 0.15) is 0 Å². The van der Waals surface area contributed by atoms with Crippen LogP contribution in [0.15, 0.2) is 0 Å². The summed E-state index contributed by atoms with van der Waals surface area (Å²) < 4.78 is 0. The first-order valence-corrected chi connectivity index (χ1v) is 0. The maximum absolute atomic E-state index is 0. The molecule has 0 aliphatic heterocycles. The van der Waals surface area contributed by atoms with Gasteiger partial charge in [0.05, 0.1) is 0 Å². The third-order valence-electron chi connectivity index (χ3n) is 0. The van der Waals surface area contributed by atoms with Crippen LogP contribution in [-0.2, 0) is 62.4 Å². The van der Waals surface area contributed by atoms with Gasteiger partial charge in [0.25, 0.3) is 0 Å². The molecule has 0 heterocycles. The smallest absolute Gasteiger partial charge is 2.00 e. The van der Waals surface area contributed by atoms with E-state index in [9.17, 15) is 0 Å². The predicted octanol–water partition coefficient (Wildman–Crippen LogP) is -0.861. The summed E-state index contributed by atoms with van der Waals surface area (Å²) >= 11 is 0. The summed E-state index contributed by atoms with van der Waals surface area (Å²) in [5.74, 6) is 0. The number of hydrogen-bond acceptors (Lipinski definition) is 0. The molecule has 0 fully saturated rings. The quantitative estimate of drug-likeness (QED) is 0.480. The molecular weight excluding hydrogens is 389 g/mol. The summed E-state index contributed by atoms with van der Waals surface area (Å²) in [5.41, 5.74) is 0. The summed E-state index contributed by atoms with van der Waals surface area (Å²) in [6.45, 7) is 0. The van der Waals surface area contributed by atoms with Gasteiger partial charge in [-0.15, -0.1) is 0 Å². The van der Waals surface area contributed by atoms with Gasteiger partial charge in [-0.25, -0.2) is 0 Å². The zero-order chi connectivity index (χ0) is 0. The molecule has 0 saturated heterocycles. The van der Waals surface area contributed by atoms with Gasteiger partial charge < -0.3 is 21.9 Å². The summed E-state index contributed by atoms with van der Waals surface area (Å²) in [6.07, 6.45) is 0. The minimum Gasteiger partial charge on any atom is -2.00 e. The minimum atomic E-state index is 0. The third-order valence-corrected chi connectivity index (χ3v) is 0. The third kappa shape index (κ3) is 87.5. The van der Waals surface area contributed by atoms with Crippen LogP contribution in [0.2, 0.25) is 0 Å². The summed E-state index contributed by atoms with van der Waals surface area (Å²) in [4.78, 5) is 0. The normalized spacial score (nSPS) is 0. The van der Waals surface area contributed by atoms with E-state index in [4.69, 9.17) is 0 Å². The standard InChI is InChI=1S/Al.4O.Pt.Rh/q+3;4*-2;+2;+3. The maximum Gasteiger partial charge on any atom is 3.00 e. The average molecular weight is 389 g/mol. The Bertz CT molecular complexity index is 11.7. The Hall–Kier alpha value is 1.68. The van der Waals surface area contributed by atoms with Gasteiger partial charge in [-0.2, -0.15) is 0 Å². The fourth-order valence-corrected chi connectivity index (χ4v) is 0. The van der Waals surface area contributed by atoms with Crippen LogP contribution in [0.1, 0.15) is 0 Å². The molecule has 0 N–H and O–H groups in total. The molecular formula is AlO4PtRh. The Balaban J connectivity index is 0. The van der Waals surface area contributed by atoms with Crippen molar-refractivity contribution in [1.29, 1.82) is 0 Å². The van der Waals surface area contributed by atoms with Crippen LogP contribution >= 0.6 is 0 Å². The van der Waals surface area contributed by atoms with Gasteiger partial charge >= 0.3 is 57.9 Å². The van der Waals surface area contributed by atoms with Crippen molar-refractivity contribution >= 4 is 17.4 Å². The fourth-order valence-electron chi connectivity index (χ4n) is 0. The molecule has 0 aromatic heterocycles. The van der Waals surface area contributed by atoms with Crippen LogP contribution < -0.4 is 0 Å². The summed E-state index contributed by atoms with van der Waals surface area (Å²) in [5, 5.41) is 0. The van der Waals surface area contributed by atoms with E-state index in [-0.39, 0.29) is 79.8 Å². The van der Waals surface area contributed by atoms with E-state index in [1.54, 1.807) is 0 Å². The molecule has 0 radical (unpaired) electrons. The maximum atomic E-state index is 0. The van der Waals surface area contributed by atoms with Gasteiger partial charge in [0.15, 0.2) is 0 Å². The molecule has 0 aromatic rings. The van der Waals surface area contributed by atoms with E-state index in [0.29, 0.717) is 0 Å². The Morgan fingerprint density at radius 2 is 0.571 bits per heavy atom. The van der Waals surface area contributed by atoms with Crippen LogP contribution in [-0.4, -0.2) is 17.4 Å². The molecule has 0 aromatic carbocycles. The molecule has 0 atom stereocenters. The zero-order valence-electron chi connectivity index (χ0n) is 2.86. The molecule has 0 aliphatic rings. The first-order chi connectivity index (χ1) is 0. The largest absolute Gasteiger partial charge is 3.00 e. The molecule has 0 rings (SSSR count). The van der Waals surface area contributed by atoms with Crippen molar-refractivity contribution < 1.29 is 62.4 Å². The van der Waals surface area contributed by atoms with Gasteiger partial charge in [-0.05, 0) is 0 Å². The minimum absolute atomic E-state index is 0. The zero-order valence-corrected chi connectivity index (χ0v) is 7.93. The second kappa shape index (κ2) is 121. The first-order valence-electron chi connectivity index (χ1n) is 0. The van der Waals surface area contributed by atoms with Crippen LogP contribution in [0.5, 0.6) is 0 Å². The van der Waals surface area contributed by atoms with E-state index in [1.807, 2.05) is 0 Å². The van der Waals surface area contributed by atoms with Crippen LogP contribution in [0.3, 0.4) is 0 Å². The summed E-state index contributed by atoms with van der Waals surface area (Å²) in [6, 6.07) is 0. The van der Waals surface area contributed by atoms with Crippen molar-refractivity contribution in [2.24, 2.45) is 0 Å². The van der Waals surface area contributed by atoms with E-state index < -0.39 is 0 Å². The molecule has 46 valence electrons. The molecule has 0 spiro atoms. The molecule has 7 heavy (non-hydrogen) atoms. The van der Waals surface area contributed by atoms with Crippen molar-refractivity contribution in [3.05, 3.63) is 0 Å². The van der Waals surface area contributed by atoms with Crippen molar-refractivity contribution in [3.8, 4) is 0 Å². The van der Waals surface area contributed by atoms with Gasteiger partial charge in [-0.1, -0.05) is 0 Å². The summed E-state index contributed by atoms with van der Waals surface area (Å²) in [7, 11) is 0. The first kappa shape index (κ1) is 181. The Morgan fingerprint density at radius 1 is 0.571 bits per heavy atom. The van der Waals surface area contributed by atoms with Gasteiger partial charge in [0.2, 0.25) is 0 Å². The van der Waals surface area contributed by atoms with Crippen LogP contribution in [0, 0.1) is 0 Å². The van der Waals surface area contributed by atoms with E-state index >= 15 is 0 Å². The molecule has 4 nitrogen and oxygen atoms in total. The van der Waals surface area contributed by atoms with Crippen LogP contribution in [0.25, 0.3) is 0 Å². The predicted molar refractivity (Wildman–Crippen MR) is 8.50 cm³/mol. The molecule has 0 bridgehead atoms. The molecule has 0 amide bonds. The van der Waals surface area contributed by atoms with Crippen molar-refractivity contribution in [3.63, 3.8) is 0 Å². The molecule has 7 heteroatoms. The van der Waals surface area contributed by atoms with E-state index in [2.05, 4.69) is 0 Å². The second-order valence-corrected chi connectivity index (χ2v) is 0. The number of rotatable bonds is 0. The number of hydrogen-bond donors (Lipinski definition) is 0. The molecule has 0 saturated carbocycles. The fraction of sp³-hybridized carbons (Fsp3) is 0. The van der Waals surface area contributed by atoms with Gasteiger partial charge in [-0.3, -0.25) is 0 Å². The monoisotopic (exact) mass is 389 g/mol. The average Bonchev–Trinajstić information content (AvgIpc) is 0. The van der Waals surface area contributed by atoms with Crippen molar-refractivity contribution in [2.45, 2.75) is 0 Å². The van der Waals surface area contributed by atoms with Crippen molar-refractivity contribution in [2.75, 3.05) is 0 Å². The van der Waals surface area contributed by atoms with Crippen molar-refractivity contribution in [1.82, 2.24) is 0 Å². The second-order valence-electron chi connectivity index (χ2n) is 0. The van der Waals surface area contributed by atoms with Gasteiger partial charge in [0, 0.05) is 0 Å². The SMILES string of the molecule is [Al+3].[O-2].[O-2].[O-2].[O-2].[Pt+2].[Rh+3]. The molecule has 0 aliphatic carbocycles. The Kier molecular flexibility index (Phi) is 3130. The topological polar surface area (TPSA) is 114 Å².